The molecule has 0 fully saturated rings. The first-order valence-corrected chi connectivity index (χ1v) is 31.1. The van der Waals surface area contributed by atoms with Gasteiger partial charge in [-0.1, -0.05) is 0 Å². The van der Waals surface area contributed by atoms with Gasteiger partial charge in [-0.3, -0.25) is 0 Å². The molecule has 256 valence electrons. The van der Waals surface area contributed by atoms with Gasteiger partial charge >= 0.3 is 279 Å². The van der Waals surface area contributed by atoms with E-state index < -0.39 is 32.3 Å². The molecule has 0 aliphatic carbocycles. The van der Waals surface area contributed by atoms with Crippen molar-refractivity contribution in [3.8, 4) is 0 Å². The summed E-state index contributed by atoms with van der Waals surface area (Å²) in [5, 5.41) is 20.8. The van der Waals surface area contributed by atoms with E-state index in [1.165, 1.54) is 89.9 Å². The van der Waals surface area contributed by atoms with Crippen molar-refractivity contribution in [1.82, 2.24) is 0 Å². The maximum atomic E-state index is 13.4. The van der Waals surface area contributed by atoms with Crippen LogP contribution in [0.4, 0.5) is 0 Å². The SMILES string of the molecule is CCCCCCC[CH2][Sn]([CH2]CCCCCCC)([S]CC(=O)O)[S]C(CCCCCC(C)C)(CCCCCC(C)C)C(=O)O. The molecule has 0 unspecified atom stereocenters. The van der Waals surface area contributed by atoms with E-state index in [2.05, 4.69) is 41.5 Å². The van der Waals surface area contributed by atoms with Crippen LogP contribution in [0.5, 0.6) is 0 Å². The van der Waals surface area contributed by atoms with E-state index >= 15 is 0 Å². The molecular weight excluding hydrogens is 679 g/mol. The first-order valence-electron chi connectivity index (χ1n) is 18.3. The Balaban J connectivity index is 6.06. The molecule has 7 heteroatoms. The predicted octanol–water partition coefficient (Wildman–Crippen LogP) is 12.7. The Morgan fingerprint density at radius 3 is 1.37 bits per heavy atom. The molecule has 2 N–H and O–H groups in total. The third kappa shape index (κ3) is 23.4. The predicted molar refractivity (Wildman–Crippen MR) is 196 cm³/mol. The molecule has 0 atom stereocenters. The average Bonchev–Trinajstić information content (AvgIpc) is 2.94. The summed E-state index contributed by atoms with van der Waals surface area (Å²) in [5.74, 6) is 0.165. The van der Waals surface area contributed by atoms with Gasteiger partial charge in [0, 0.05) is 0 Å². The van der Waals surface area contributed by atoms with E-state index in [1.807, 2.05) is 8.95 Å². The Hall–Kier alpha value is 0.439. The Bertz CT molecular complexity index is 652. The molecule has 0 bridgehead atoms. The van der Waals surface area contributed by atoms with E-state index in [0.717, 1.165) is 60.2 Å². The molecule has 0 aromatic heterocycles. The molecular formula is C36H72O4S2Sn. The Morgan fingerprint density at radius 1 is 0.605 bits per heavy atom. The Morgan fingerprint density at radius 2 is 1.00 bits per heavy atom. The summed E-state index contributed by atoms with van der Waals surface area (Å²) in [6, 6.07) is 0. The van der Waals surface area contributed by atoms with Gasteiger partial charge in [0.05, 0.1) is 0 Å². The van der Waals surface area contributed by atoms with E-state index in [4.69, 9.17) is 0 Å². The molecule has 0 radical (unpaired) electrons. The molecule has 0 rings (SSSR count). The summed E-state index contributed by atoms with van der Waals surface area (Å²) < 4.78 is 1.49. The van der Waals surface area contributed by atoms with Crippen LogP contribution in [0.3, 0.4) is 0 Å². The maximum absolute atomic E-state index is 13.4. The third-order valence-corrected chi connectivity index (χ3v) is 39.2. The number of carbonyl (C=O) groups is 2. The van der Waals surface area contributed by atoms with Crippen LogP contribution in [-0.2, 0) is 9.59 Å². The van der Waals surface area contributed by atoms with Crippen LogP contribution in [0.15, 0.2) is 0 Å². The molecule has 4 nitrogen and oxygen atoms in total. The summed E-state index contributed by atoms with van der Waals surface area (Å²) in [5.41, 5.74) is 0. The monoisotopic (exact) mass is 752 g/mol. The number of hydrogen-bond donors (Lipinski definition) is 2. The summed E-state index contributed by atoms with van der Waals surface area (Å²) >= 11 is -3.29. The van der Waals surface area contributed by atoms with Gasteiger partial charge in [-0.2, -0.15) is 0 Å². The van der Waals surface area contributed by atoms with Crippen molar-refractivity contribution in [2.24, 2.45) is 11.8 Å². The van der Waals surface area contributed by atoms with Crippen LogP contribution in [0.2, 0.25) is 8.87 Å². The van der Waals surface area contributed by atoms with Crippen LogP contribution in [0.1, 0.15) is 183 Å². The summed E-state index contributed by atoms with van der Waals surface area (Å²) in [4.78, 5) is 25.3. The number of rotatable bonds is 32. The van der Waals surface area contributed by atoms with Crippen LogP contribution >= 0.6 is 17.9 Å². The van der Waals surface area contributed by atoms with Crippen molar-refractivity contribution in [3.63, 3.8) is 0 Å². The van der Waals surface area contributed by atoms with Crippen LogP contribution in [-0.4, -0.2) is 48.3 Å². The molecule has 0 heterocycles. The molecule has 0 aliphatic rings. The van der Waals surface area contributed by atoms with Gasteiger partial charge in [0.1, 0.15) is 0 Å². The minimum absolute atomic E-state index is 0.146. The van der Waals surface area contributed by atoms with Gasteiger partial charge in [-0.05, 0) is 0 Å². The molecule has 0 saturated carbocycles. The second-order valence-electron chi connectivity index (χ2n) is 14.0. The first-order chi connectivity index (χ1) is 20.5. The fourth-order valence-electron chi connectivity index (χ4n) is 6.06. The van der Waals surface area contributed by atoms with Gasteiger partial charge in [0.25, 0.3) is 0 Å². The molecule has 0 spiro atoms. The standard InChI is InChI=1S/C18H36O2S.2C8H17.C2H4O2S.Sn/c1-15(2)11-7-5-9-13-18(21,17(19)20)14-10-6-8-12-16(3)4;2*1-3-5-7-8-6-4-2;3-2(4)1-5;/h15-16,21H,5-14H2,1-4H3,(H,19,20);2*1,3-8H2,2H3;5H,1H2,(H,3,4);/q;;;;+2/p-2. The number of unbranched alkanes of at least 4 members (excludes halogenated alkanes) is 14. The number of carboxylic acids is 2. The Kier molecular flexibility index (Phi) is 27.8. The minimum atomic E-state index is -3.29. The van der Waals surface area contributed by atoms with Crippen molar-refractivity contribution in [2.75, 3.05) is 5.75 Å². The van der Waals surface area contributed by atoms with Crippen molar-refractivity contribution < 1.29 is 19.8 Å². The zero-order valence-electron chi connectivity index (χ0n) is 29.4. The molecule has 0 aromatic rings. The quantitative estimate of drug-likeness (QED) is 0.0527. The van der Waals surface area contributed by atoms with Gasteiger partial charge in [-0.15, -0.1) is 0 Å². The molecule has 0 aromatic carbocycles. The van der Waals surface area contributed by atoms with E-state index in [9.17, 15) is 19.8 Å². The van der Waals surface area contributed by atoms with E-state index in [1.54, 1.807) is 8.95 Å². The van der Waals surface area contributed by atoms with Crippen molar-refractivity contribution >= 4 is 45.4 Å². The zero-order valence-corrected chi connectivity index (χ0v) is 33.8. The van der Waals surface area contributed by atoms with Crippen molar-refractivity contribution in [2.45, 2.75) is 196 Å². The fourth-order valence-corrected chi connectivity index (χ4v) is 39.6. The topological polar surface area (TPSA) is 74.6 Å². The summed E-state index contributed by atoms with van der Waals surface area (Å²) in [6.07, 6.45) is 25.2. The van der Waals surface area contributed by atoms with Gasteiger partial charge < -0.3 is 0 Å². The van der Waals surface area contributed by atoms with Crippen molar-refractivity contribution in [3.05, 3.63) is 0 Å². The third-order valence-electron chi connectivity index (χ3n) is 8.78. The van der Waals surface area contributed by atoms with Gasteiger partial charge in [-0.25, -0.2) is 0 Å². The molecule has 0 aliphatic heterocycles. The average molecular weight is 752 g/mol. The first kappa shape index (κ1) is 43.4. The second-order valence-corrected chi connectivity index (χ2v) is 40.1. The van der Waals surface area contributed by atoms with Gasteiger partial charge in [0.2, 0.25) is 0 Å². The molecule has 43 heavy (non-hydrogen) atoms. The normalized spacial score (nSPS) is 12.5. The van der Waals surface area contributed by atoms with Crippen LogP contribution in [0, 0.1) is 11.8 Å². The zero-order chi connectivity index (χ0) is 32.4. The Labute approximate surface area is 277 Å². The van der Waals surface area contributed by atoms with E-state index in [-0.39, 0.29) is 5.75 Å². The second kappa shape index (κ2) is 27.5. The number of hydrogen-bond acceptors (Lipinski definition) is 4. The fraction of sp³-hybridized carbons (Fsp3) is 0.944. The van der Waals surface area contributed by atoms with E-state index in [0.29, 0.717) is 11.8 Å². The number of carboxylic acid groups (broad SMARTS) is 2. The summed E-state index contributed by atoms with van der Waals surface area (Å²) in [7, 11) is 3.67. The van der Waals surface area contributed by atoms with Gasteiger partial charge in [0.15, 0.2) is 0 Å². The summed E-state index contributed by atoms with van der Waals surface area (Å²) in [6.45, 7) is 13.6. The molecule has 0 saturated heterocycles. The number of aliphatic carboxylic acids is 2. The molecule has 0 amide bonds. The van der Waals surface area contributed by atoms with Crippen molar-refractivity contribution in [1.29, 1.82) is 0 Å². The van der Waals surface area contributed by atoms with Crippen LogP contribution in [0.25, 0.3) is 0 Å². The van der Waals surface area contributed by atoms with Crippen LogP contribution < -0.4 is 0 Å².